The highest BCUT2D eigenvalue weighted by molar-refractivity contribution is 7.99. The number of nitrogens with one attached hydrogen (secondary N) is 1. The van der Waals surface area contributed by atoms with Gasteiger partial charge in [0.05, 0.1) is 22.7 Å². The van der Waals surface area contributed by atoms with Gasteiger partial charge in [-0.15, -0.1) is 0 Å². The fraction of sp³-hybridized carbons (Fsp3) is 0.133. The van der Waals surface area contributed by atoms with Gasteiger partial charge in [0.2, 0.25) is 0 Å². The van der Waals surface area contributed by atoms with Crippen LogP contribution >= 0.6 is 23.4 Å². The van der Waals surface area contributed by atoms with Crippen molar-refractivity contribution in [3.8, 4) is 11.3 Å². The van der Waals surface area contributed by atoms with E-state index in [4.69, 9.17) is 16.7 Å². The fourth-order valence-electron chi connectivity index (χ4n) is 2.00. The zero-order valence-corrected chi connectivity index (χ0v) is 13.0. The van der Waals surface area contributed by atoms with Gasteiger partial charge in [-0.3, -0.25) is 4.79 Å². The molecule has 0 atom stereocenters. The van der Waals surface area contributed by atoms with Crippen LogP contribution in [0.15, 0.2) is 41.6 Å². The molecule has 1 aromatic carbocycles. The van der Waals surface area contributed by atoms with E-state index >= 15 is 0 Å². The number of aromatic amines is 1. The first-order chi connectivity index (χ1) is 10.6. The Morgan fingerprint density at radius 2 is 2.05 bits per heavy atom. The Kier molecular flexibility index (Phi) is 4.31. The Labute approximate surface area is 135 Å². The molecular weight excluding hydrogens is 322 g/mol. The maximum Gasteiger partial charge on any atom is 0.304 e. The largest absolute Gasteiger partial charge is 0.481 e. The van der Waals surface area contributed by atoms with Crippen molar-refractivity contribution in [2.24, 2.45) is 0 Å². The number of rotatable bonds is 5. The van der Waals surface area contributed by atoms with Crippen LogP contribution in [0.25, 0.3) is 22.4 Å². The lowest BCUT2D eigenvalue weighted by Crippen LogP contribution is -1.95. The molecule has 0 saturated heterocycles. The molecule has 2 heterocycles. The number of pyridine rings is 1. The first-order valence-corrected chi connectivity index (χ1v) is 7.96. The summed E-state index contributed by atoms with van der Waals surface area (Å²) in [5.41, 5.74) is 2.92. The van der Waals surface area contributed by atoms with Crippen molar-refractivity contribution < 1.29 is 9.90 Å². The van der Waals surface area contributed by atoms with E-state index in [9.17, 15) is 4.79 Å². The van der Waals surface area contributed by atoms with Crippen molar-refractivity contribution in [2.75, 3.05) is 5.75 Å². The molecule has 0 aliphatic rings. The van der Waals surface area contributed by atoms with Crippen LogP contribution in [-0.4, -0.2) is 31.8 Å². The molecule has 0 radical (unpaired) electrons. The summed E-state index contributed by atoms with van der Waals surface area (Å²) < 4.78 is 0. The number of carboxylic acid groups (broad SMARTS) is 1. The van der Waals surface area contributed by atoms with Crippen molar-refractivity contribution in [3.05, 3.63) is 41.4 Å². The number of carboxylic acids is 1. The summed E-state index contributed by atoms with van der Waals surface area (Å²) >= 11 is 7.65. The fourth-order valence-corrected chi connectivity index (χ4v) is 3.06. The van der Waals surface area contributed by atoms with E-state index < -0.39 is 5.97 Å². The van der Waals surface area contributed by atoms with Crippen molar-refractivity contribution in [2.45, 2.75) is 11.6 Å². The van der Waals surface area contributed by atoms with Gasteiger partial charge in [-0.2, -0.15) is 0 Å². The molecule has 0 saturated carbocycles. The number of carbonyl (C=O) groups is 1. The van der Waals surface area contributed by atoms with Gasteiger partial charge in [0.25, 0.3) is 0 Å². The Bertz CT molecular complexity index is 820. The van der Waals surface area contributed by atoms with Crippen LogP contribution < -0.4 is 0 Å². The normalized spacial score (nSPS) is 11.0. The minimum atomic E-state index is -0.823. The molecule has 22 heavy (non-hydrogen) atoms. The summed E-state index contributed by atoms with van der Waals surface area (Å²) in [4.78, 5) is 22.5. The minimum absolute atomic E-state index is 0.0885. The van der Waals surface area contributed by atoms with Crippen molar-refractivity contribution in [1.82, 2.24) is 15.0 Å². The number of hydrogen-bond acceptors (Lipinski definition) is 4. The summed E-state index contributed by atoms with van der Waals surface area (Å²) in [7, 11) is 0. The molecule has 112 valence electrons. The Morgan fingerprint density at radius 1 is 1.27 bits per heavy atom. The summed E-state index contributed by atoms with van der Waals surface area (Å²) in [6.45, 7) is 0. The van der Waals surface area contributed by atoms with Gasteiger partial charge >= 0.3 is 5.97 Å². The second kappa shape index (κ2) is 6.37. The van der Waals surface area contributed by atoms with E-state index in [-0.39, 0.29) is 6.42 Å². The third-order valence-electron chi connectivity index (χ3n) is 3.01. The average Bonchev–Trinajstić information content (AvgIpc) is 2.88. The van der Waals surface area contributed by atoms with E-state index in [1.807, 2.05) is 30.3 Å². The van der Waals surface area contributed by atoms with Crippen molar-refractivity contribution in [1.29, 1.82) is 0 Å². The monoisotopic (exact) mass is 333 g/mol. The number of hydrogen-bond donors (Lipinski definition) is 2. The van der Waals surface area contributed by atoms with Gasteiger partial charge < -0.3 is 10.1 Å². The van der Waals surface area contributed by atoms with Gasteiger partial charge in [0.1, 0.15) is 0 Å². The van der Waals surface area contributed by atoms with Crippen molar-refractivity contribution >= 4 is 40.5 Å². The van der Waals surface area contributed by atoms with Gasteiger partial charge in [-0.25, -0.2) is 9.97 Å². The maximum absolute atomic E-state index is 10.5. The summed E-state index contributed by atoms with van der Waals surface area (Å²) in [5.74, 6) is -0.370. The predicted octanol–water partition coefficient (Wildman–Crippen LogP) is 3.85. The van der Waals surface area contributed by atoms with E-state index in [1.165, 1.54) is 11.8 Å². The lowest BCUT2D eigenvalue weighted by atomic mass is 10.1. The van der Waals surface area contributed by atoms with Gasteiger partial charge in [0.15, 0.2) is 10.8 Å². The van der Waals surface area contributed by atoms with Gasteiger partial charge in [-0.1, -0.05) is 53.7 Å². The van der Waals surface area contributed by atoms with Crippen LogP contribution in [0.5, 0.6) is 0 Å². The topological polar surface area (TPSA) is 78.9 Å². The first-order valence-electron chi connectivity index (χ1n) is 6.60. The van der Waals surface area contributed by atoms with E-state index in [2.05, 4.69) is 15.0 Å². The Balaban J connectivity index is 1.91. The molecule has 0 spiro atoms. The number of H-pyrrole nitrogens is 1. The van der Waals surface area contributed by atoms with Crippen molar-refractivity contribution in [3.63, 3.8) is 0 Å². The summed E-state index contributed by atoms with van der Waals surface area (Å²) in [6.07, 6.45) is 0.0885. The molecule has 3 rings (SSSR count). The molecule has 7 heteroatoms. The third kappa shape index (κ3) is 3.23. The average molecular weight is 334 g/mol. The Hall–Kier alpha value is -2.05. The van der Waals surface area contributed by atoms with Crippen LogP contribution in [0.1, 0.15) is 6.42 Å². The predicted molar refractivity (Wildman–Crippen MR) is 87.3 cm³/mol. The summed E-state index contributed by atoms with van der Waals surface area (Å²) in [6, 6.07) is 11.5. The lowest BCUT2D eigenvalue weighted by Gasteiger charge is -2.02. The van der Waals surface area contributed by atoms with Crippen LogP contribution in [0.3, 0.4) is 0 Å². The van der Waals surface area contributed by atoms with E-state index in [0.29, 0.717) is 27.3 Å². The molecular formula is C15H12ClN3O2S. The standard InChI is InChI=1S/C15H12ClN3O2S/c16-10-8-11-14(18-13(10)9-4-2-1-3-5-9)19-15(17-11)22-7-6-12(20)21/h1-5,8H,6-7H2,(H,20,21)(H,17,18,19). The van der Waals surface area contributed by atoms with Gasteiger partial charge in [-0.05, 0) is 6.07 Å². The number of nitrogens with zero attached hydrogens (tertiary/aromatic N) is 2. The smallest absolute Gasteiger partial charge is 0.304 e. The first kappa shape index (κ1) is 14.9. The highest BCUT2D eigenvalue weighted by Crippen LogP contribution is 2.29. The quantitative estimate of drug-likeness (QED) is 0.693. The van der Waals surface area contributed by atoms with E-state index in [1.54, 1.807) is 6.07 Å². The second-order valence-corrected chi connectivity index (χ2v) is 6.08. The van der Waals surface area contributed by atoms with Crippen LogP contribution in [0, 0.1) is 0 Å². The molecule has 0 aliphatic carbocycles. The summed E-state index contributed by atoms with van der Waals surface area (Å²) in [5, 5.41) is 9.85. The molecule has 2 N–H and O–H groups in total. The molecule has 2 aromatic heterocycles. The van der Waals surface area contributed by atoms with Crippen LogP contribution in [0.2, 0.25) is 5.02 Å². The minimum Gasteiger partial charge on any atom is -0.481 e. The third-order valence-corrected chi connectivity index (χ3v) is 4.17. The molecule has 3 aromatic rings. The van der Waals surface area contributed by atoms with E-state index in [0.717, 1.165) is 11.1 Å². The Morgan fingerprint density at radius 3 is 2.77 bits per heavy atom. The van der Waals surface area contributed by atoms with Gasteiger partial charge in [0, 0.05) is 11.3 Å². The zero-order chi connectivity index (χ0) is 15.5. The molecule has 0 unspecified atom stereocenters. The molecule has 0 fully saturated rings. The highest BCUT2D eigenvalue weighted by Gasteiger charge is 2.11. The second-order valence-electron chi connectivity index (χ2n) is 4.59. The lowest BCUT2D eigenvalue weighted by molar-refractivity contribution is -0.136. The number of aliphatic carboxylic acids is 1. The van der Waals surface area contributed by atoms with Crippen LogP contribution in [0.4, 0.5) is 0 Å². The molecule has 0 bridgehead atoms. The number of benzene rings is 1. The highest BCUT2D eigenvalue weighted by atomic mass is 35.5. The number of aromatic nitrogens is 3. The number of fused-ring (bicyclic) bond motifs is 1. The SMILES string of the molecule is O=C(O)CCSc1nc2nc(-c3ccccc3)c(Cl)cc2[nH]1. The number of halogens is 1. The molecule has 0 aliphatic heterocycles. The zero-order valence-electron chi connectivity index (χ0n) is 11.4. The molecule has 5 nitrogen and oxygen atoms in total. The molecule has 0 amide bonds. The number of imidazole rings is 1. The maximum atomic E-state index is 10.5. The van der Waals surface area contributed by atoms with Crippen LogP contribution in [-0.2, 0) is 4.79 Å². The number of thioether (sulfide) groups is 1.